The predicted molar refractivity (Wildman–Crippen MR) is 87.1 cm³/mol. The molecule has 1 aliphatic heterocycles. The lowest BCUT2D eigenvalue weighted by molar-refractivity contribution is -0.141. The summed E-state index contributed by atoms with van der Waals surface area (Å²) in [5.74, 6) is 0. The van der Waals surface area contributed by atoms with E-state index in [0.717, 1.165) is 17.9 Å². The molecule has 0 unspecified atom stereocenters. The molecule has 25 heavy (non-hydrogen) atoms. The molecule has 1 N–H and O–H groups in total. The Bertz CT molecular complexity index is 913. The number of alkyl halides is 3. The number of halogens is 3. The van der Waals surface area contributed by atoms with Gasteiger partial charge >= 0.3 is 6.18 Å². The minimum atomic E-state index is -4.56. The van der Waals surface area contributed by atoms with Crippen LogP contribution in [0.15, 0.2) is 41.3 Å². The number of rotatable bonds is 3. The van der Waals surface area contributed by atoms with Crippen molar-refractivity contribution in [1.29, 1.82) is 0 Å². The molecule has 0 saturated carbocycles. The van der Waals surface area contributed by atoms with Gasteiger partial charge in [0, 0.05) is 12.8 Å². The van der Waals surface area contributed by atoms with Gasteiger partial charge in [0.05, 0.1) is 16.3 Å². The highest BCUT2D eigenvalue weighted by Gasteiger charge is 2.35. The highest BCUT2D eigenvalue weighted by atomic mass is 32.2. The van der Waals surface area contributed by atoms with Crippen molar-refractivity contribution < 1.29 is 21.6 Å². The summed E-state index contributed by atoms with van der Waals surface area (Å²) < 4.78 is 63.6. The fourth-order valence-electron chi connectivity index (χ4n) is 2.63. The van der Waals surface area contributed by atoms with Gasteiger partial charge in [0.1, 0.15) is 0 Å². The molecule has 0 saturated heterocycles. The van der Waals surface area contributed by atoms with E-state index >= 15 is 0 Å². The topological polar surface area (TPSA) is 64.0 Å². The van der Waals surface area contributed by atoms with Crippen molar-refractivity contribution in [3.63, 3.8) is 0 Å². The van der Waals surface area contributed by atoms with E-state index in [1.807, 2.05) is 6.08 Å². The molecule has 1 aliphatic rings. The molecule has 0 aliphatic carbocycles. The first-order chi connectivity index (χ1) is 11.7. The monoisotopic (exact) mass is 371 g/mol. The van der Waals surface area contributed by atoms with Gasteiger partial charge in [-0.15, -0.1) is 0 Å². The highest BCUT2D eigenvalue weighted by molar-refractivity contribution is 7.90. The maximum absolute atomic E-state index is 13.1. The van der Waals surface area contributed by atoms with Gasteiger partial charge in [0.15, 0.2) is 15.5 Å². The Morgan fingerprint density at radius 1 is 1.20 bits per heavy atom. The number of hydrogen-bond donors (Lipinski definition) is 1. The van der Waals surface area contributed by atoms with Crippen LogP contribution in [0.4, 0.5) is 13.2 Å². The lowest BCUT2D eigenvalue weighted by atomic mass is 10.1. The Hall–Kier alpha value is -2.13. The van der Waals surface area contributed by atoms with E-state index in [-0.39, 0.29) is 4.90 Å². The van der Waals surface area contributed by atoms with Gasteiger partial charge in [-0.05, 0) is 48.9 Å². The van der Waals surface area contributed by atoms with Crippen LogP contribution in [0.25, 0.3) is 11.3 Å². The van der Waals surface area contributed by atoms with Gasteiger partial charge in [-0.25, -0.2) is 13.1 Å². The third kappa shape index (κ3) is 3.77. The van der Waals surface area contributed by atoms with Gasteiger partial charge in [-0.3, -0.25) is 0 Å². The average molecular weight is 371 g/mol. The standard InChI is InChI=1S/C16H16F3N3O2S/c1-25(23,24)13-4-2-12(3-5-13)22-14(11-6-8-20-9-7-11)10-15(21-22)16(17,18)19/h2-6,10,20H,7-9H2,1H3. The predicted octanol–water partition coefficient (Wildman–Crippen LogP) is 2.67. The Labute approximate surface area is 143 Å². The number of aromatic nitrogens is 2. The zero-order valence-corrected chi connectivity index (χ0v) is 14.2. The van der Waals surface area contributed by atoms with Crippen molar-refractivity contribution in [2.45, 2.75) is 17.5 Å². The lowest BCUT2D eigenvalue weighted by Crippen LogP contribution is -2.20. The summed E-state index contributed by atoms with van der Waals surface area (Å²) in [6, 6.07) is 6.66. The van der Waals surface area contributed by atoms with Gasteiger partial charge in [-0.2, -0.15) is 18.3 Å². The number of sulfone groups is 1. The molecule has 1 aromatic carbocycles. The van der Waals surface area contributed by atoms with Gasteiger partial charge in [-0.1, -0.05) is 6.08 Å². The van der Waals surface area contributed by atoms with Crippen LogP contribution >= 0.6 is 0 Å². The molecule has 0 radical (unpaired) electrons. The van der Waals surface area contributed by atoms with Crippen molar-refractivity contribution in [3.8, 4) is 5.69 Å². The molecule has 2 heterocycles. The summed E-state index contributed by atoms with van der Waals surface area (Å²) in [6.07, 6.45) is -1.06. The Morgan fingerprint density at radius 2 is 1.88 bits per heavy atom. The van der Waals surface area contributed by atoms with Crippen molar-refractivity contribution >= 4 is 15.4 Å². The van der Waals surface area contributed by atoms with Crippen molar-refractivity contribution in [1.82, 2.24) is 15.1 Å². The van der Waals surface area contributed by atoms with E-state index in [0.29, 0.717) is 30.9 Å². The first-order valence-corrected chi connectivity index (χ1v) is 9.43. The molecule has 0 fully saturated rings. The van der Waals surface area contributed by atoms with Gasteiger partial charge < -0.3 is 5.32 Å². The quantitative estimate of drug-likeness (QED) is 0.901. The van der Waals surface area contributed by atoms with Crippen LogP contribution in [0.2, 0.25) is 0 Å². The molecule has 0 spiro atoms. The first kappa shape index (κ1) is 17.7. The average Bonchev–Trinajstić information content (AvgIpc) is 3.00. The van der Waals surface area contributed by atoms with E-state index in [1.165, 1.54) is 28.9 Å². The van der Waals surface area contributed by atoms with Crippen LogP contribution in [0, 0.1) is 0 Å². The summed E-state index contributed by atoms with van der Waals surface area (Å²) in [7, 11) is -3.38. The van der Waals surface area contributed by atoms with Crippen molar-refractivity contribution in [2.75, 3.05) is 19.3 Å². The van der Waals surface area contributed by atoms with Crippen LogP contribution in [0.5, 0.6) is 0 Å². The molecular formula is C16H16F3N3O2S. The largest absolute Gasteiger partial charge is 0.435 e. The van der Waals surface area contributed by atoms with Crippen LogP contribution in [0.3, 0.4) is 0 Å². The number of hydrogen-bond acceptors (Lipinski definition) is 4. The van der Waals surface area contributed by atoms with Crippen molar-refractivity contribution in [3.05, 3.63) is 47.8 Å². The van der Waals surface area contributed by atoms with Crippen molar-refractivity contribution in [2.24, 2.45) is 0 Å². The molecule has 0 bridgehead atoms. The van der Waals surface area contributed by atoms with E-state index in [9.17, 15) is 21.6 Å². The number of nitrogens with one attached hydrogen (secondary N) is 1. The maximum atomic E-state index is 13.1. The smallest absolute Gasteiger partial charge is 0.313 e. The Morgan fingerprint density at radius 3 is 2.40 bits per heavy atom. The molecule has 3 rings (SSSR count). The van der Waals surface area contributed by atoms with Gasteiger partial charge in [0.2, 0.25) is 0 Å². The third-order valence-electron chi connectivity index (χ3n) is 3.90. The second-order valence-electron chi connectivity index (χ2n) is 5.77. The minimum Gasteiger partial charge on any atom is -0.313 e. The SMILES string of the molecule is CS(=O)(=O)c1ccc(-n2nc(C(F)(F)F)cc2C2=CCNCC2)cc1. The molecule has 1 aromatic heterocycles. The zero-order chi connectivity index (χ0) is 18.2. The summed E-state index contributed by atoms with van der Waals surface area (Å²) in [4.78, 5) is 0.0992. The zero-order valence-electron chi connectivity index (χ0n) is 13.3. The normalized spacial score (nSPS) is 15.9. The Balaban J connectivity index is 2.11. The van der Waals surface area contributed by atoms with E-state index in [4.69, 9.17) is 0 Å². The molecule has 5 nitrogen and oxygen atoms in total. The second kappa shape index (κ2) is 6.30. The summed E-state index contributed by atoms with van der Waals surface area (Å²) in [5, 5.41) is 6.81. The molecule has 0 atom stereocenters. The summed E-state index contributed by atoms with van der Waals surface area (Å²) >= 11 is 0. The number of nitrogens with zero attached hydrogens (tertiary/aromatic N) is 2. The fraction of sp³-hybridized carbons (Fsp3) is 0.312. The Kier molecular flexibility index (Phi) is 4.46. The van der Waals surface area contributed by atoms with E-state index < -0.39 is 21.7 Å². The summed E-state index contributed by atoms with van der Waals surface area (Å²) in [6.45, 7) is 1.25. The molecular weight excluding hydrogens is 355 g/mol. The lowest BCUT2D eigenvalue weighted by Gasteiger charge is -2.15. The van der Waals surface area contributed by atoms with Crippen LogP contribution in [-0.2, 0) is 16.0 Å². The van der Waals surface area contributed by atoms with Crippen LogP contribution < -0.4 is 5.32 Å². The molecule has 134 valence electrons. The fourth-order valence-corrected chi connectivity index (χ4v) is 3.27. The van der Waals surface area contributed by atoms with Crippen LogP contribution in [-0.4, -0.2) is 37.5 Å². The summed E-state index contributed by atoms with van der Waals surface area (Å²) in [5.41, 5.74) is 0.529. The van der Waals surface area contributed by atoms with Gasteiger partial charge in [0.25, 0.3) is 0 Å². The van der Waals surface area contributed by atoms with Crippen LogP contribution in [0.1, 0.15) is 17.8 Å². The minimum absolute atomic E-state index is 0.0992. The molecule has 0 amide bonds. The third-order valence-corrected chi connectivity index (χ3v) is 5.03. The second-order valence-corrected chi connectivity index (χ2v) is 7.79. The van der Waals surface area contributed by atoms with E-state index in [2.05, 4.69) is 10.4 Å². The highest BCUT2D eigenvalue weighted by Crippen LogP contribution is 2.32. The number of benzene rings is 1. The van der Waals surface area contributed by atoms with E-state index in [1.54, 1.807) is 0 Å². The molecule has 9 heteroatoms. The molecule has 2 aromatic rings. The first-order valence-electron chi connectivity index (χ1n) is 7.54. The maximum Gasteiger partial charge on any atom is 0.435 e.